The van der Waals surface area contributed by atoms with Crippen molar-refractivity contribution in [2.45, 2.75) is 5.92 Å². The lowest BCUT2D eigenvalue weighted by atomic mass is 9.90. The van der Waals surface area contributed by atoms with Crippen LogP contribution >= 0.6 is 0 Å². The fourth-order valence-corrected chi connectivity index (χ4v) is 3.02. The molecule has 90 valence electrons. The van der Waals surface area contributed by atoms with Crippen LogP contribution in [-0.2, 0) is 0 Å². The lowest BCUT2D eigenvalue weighted by Crippen LogP contribution is -2.31. The van der Waals surface area contributed by atoms with Crippen molar-refractivity contribution in [1.29, 1.82) is 0 Å². The summed E-state index contributed by atoms with van der Waals surface area (Å²) in [4.78, 5) is 0. The van der Waals surface area contributed by atoms with Gasteiger partial charge in [0.15, 0.2) is 11.9 Å². The van der Waals surface area contributed by atoms with E-state index in [-0.39, 0.29) is 0 Å². The Morgan fingerprint density at radius 2 is 1.42 bits per heavy atom. The zero-order valence-electron chi connectivity index (χ0n) is 10.5. The summed E-state index contributed by atoms with van der Waals surface area (Å²) in [5, 5.41) is 0. The number of aromatic nitrogens is 1. The first-order chi connectivity index (χ1) is 9.45. The molecular formula is C18H14N+. The van der Waals surface area contributed by atoms with E-state index in [9.17, 15) is 0 Å². The predicted molar refractivity (Wildman–Crippen MR) is 75.4 cm³/mol. The first kappa shape index (κ1) is 10.5. The minimum Gasteiger partial charge on any atom is -0.163 e. The van der Waals surface area contributed by atoms with Crippen LogP contribution < -0.4 is 4.57 Å². The Morgan fingerprint density at radius 3 is 2.32 bits per heavy atom. The Balaban J connectivity index is 2.02. The molecule has 1 aromatic heterocycles. The van der Waals surface area contributed by atoms with Crippen molar-refractivity contribution in [2.24, 2.45) is 0 Å². The monoisotopic (exact) mass is 244 g/mol. The molecule has 19 heavy (non-hydrogen) atoms. The number of hydrogen-bond donors (Lipinski definition) is 0. The summed E-state index contributed by atoms with van der Waals surface area (Å²) >= 11 is 0. The highest BCUT2D eigenvalue weighted by Gasteiger charge is 2.36. The lowest BCUT2D eigenvalue weighted by molar-refractivity contribution is -0.598. The van der Waals surface area contributed by atoms with Crippen molar-refractivity contribution in [1.82, 2.24) is 0 Å². The molecule has 0 saturated heterocycles. The minimum atomic E-state index is 0.346. The van der Waals surface area contributed by atoms with Crippen LogP contribution in [0.15, 0.2) is 79.0 Å². The normalized spacial score (nSPS) is 15.9. The minimum absolute atomic E-state index is 0.346. The molecule has 4 rings (SSSR count). The van der Waals surface area contributed by atoms with E-state index >= 15 is 0 Å². The quantitative estimate of drug-likeness (QED) is 0.451. The van der Waals surface area contributed by atoms with E-state index in [1.54, 1.807) is 0 Å². The molecular weight excluding hydrogens is 230 g/mol. The molecule has 2 aromatic carbocycles. The van der Waals surface area contributed by atoms with Gasteiger partial charge in [0, 0.05) is 23.8 Å². The third-order valence-electron chi connectivity index (χ3n) is 3.83. The zero-order valence-corrected chi connectivity index (χ0v) is 10.5. The molecule has 0 spiro atoms. The maximum Gasteiger partial charge on any atom is 0.215 e. The summed E-state index contributed by atoms with van der Waals surface area (Å²) in [6.45, 7) is 0. The summed E-state index contributed by atoms with van der Waals surface area (Å²) in [6, 6.07) is 25.8. The standard InChI is InChI=1S/C18H14N/c1-2-8-14(9-3-1)18-15-10-4-5-11-16(15)19-13-7-6-12-17(18)19/h1-13,18H/q+1. The van der Waals surface area contributed by atoms with E-state index in [0.717, 1.165) is 0 Å². The van der Waals surface area contributed by atoms with E-state index in [2.05, 4.69) is 83.6 Å². The summed E-state index contributed by atoms with van der Waals surface area (Å²) in [5.74, 6) is 0.346. The second-order valence-corrected chi connectivity index (χ2v) is 4.90. The van der Waals surface area contributed by atoms with Gasteiger partial charge in [0.25, 0.3) is 0 Å². The van der Waals surface area contributed by atoms with Crippen LogP contribution in [0.4, 0.5) is 0 Å². The van der Waals surface area contributed by atoms with Gasteiger partial charge in [-0.2, -0.15) is 4.57 Å². The maximum atomic E-state index is 2.30. The maximum absolute atomic E-state index is 2.30. The summed E-state index contributed by atoms with van der Waals surface area (Å²) in [5.41, 5.74) is 5.38. The zero-order chi connectivity index (χ0) is 12.7. The molecule has 0 radical (unpaired) electrons. The molecule has 0 amide bonds. The summed E-state index contributed by atoms with van der Waals surface area (Å²) in [7, 11) is 0. The van der Waals surface area contributed by atoms with Gasteiger partial charge in [0.05, 0.1) is 0 Å². The number of hydrogen-bond acceptors (Lipinski definition) is 0. The smallest absolute Gasteiger partial charge is 0.163 e. The Morgan fingerprint density at radius 1 is 0.684 bits per heavy atom. The second kappa shape index (κ2) is 4.06. The number of nitrogens with zero attached hydrogens (tertiary/aromatic N) is 1. The number of para-hydroxylation sites is 1. The van der Waals surface area contributed by atoms with Crippen LogP contribution in [0, 0.1) is 0 Å². The molecule has 0 fully saturated rings. The van der Waals surface area contributed by atoms with Crippen LogP contribution in [-0.4, -0.2) is 0 Å². The highest BCUT2D eigenvalue weighted by molar-refractivity contribution is 5.50. The van der Waals surface area contributed by atoms with Gasteiger partial charge in [-0.1, -0.05) is 54.6 Å². The van der Waals surface area contributed by atoms with Crippen molar-refractivity contribution < 1.29 is 4.57 Å². The summed E-state index contributed by atoms with van der Waals surface area (Å²) in [6.07, 6.45) is 2.15. The molecule has 3 aromatic rings. The molecule has 0 bridgehead atoms. The largest absolute Gasteiger partial charge is 0.215 e. The lowest BCUT2D eigenvalue weighted by Gasteiger charge is -2.07. The van der Waals surface area contributed by atoms with Crippen molar-refractivity contribution in [3.8, 4) is 5.69 Å². The van der Waals surface area contributed by atoms with Crippen LogP contribution in [0.25, 0.3) is 5.69 Å². The van der Waals surface area contributed by atoms with Crippen molar-refractivity contribution in [3.05, 3.63) is 95.8 Å². The highest BCUT2D eigenvalue weighted by Crippen LogP contribution is 2.36. The third-order valence-corrected chi connectivity index (χ3v) is 3.83. The second-order valence-electron chi connectivity index (χ2n) is 4.90. The van der Waals surface area contributed by atoms with Gasteiger partial charge >= 0.3 is 0 Å². The summed E-state index contributed by atoms with van der Waals surface area (Å²) < 4.78 is 2.30. The van der Waals surface area contributed by atoms with Gasteiger partial charge in [-0.05, 0) is 5.56 Å². The van der Waals surface area contributed by atoms with Crippen molar-refractivity contribution in [2.75, 3.05) is 0 Å². The van der Waals surface area contributed by atoms with Crippen LogP contribution in [0.3, 0.4) is 0 Å². The molecule has 1 unspecified atom stereocenters. The SMILES string of the molecule is c1ccc(C2c3ccccc3-[n+]3ccccc32)cc1. The number of fused-ring (bicyclic) bond motifs is 3. The molecule has 1 aliphatic heterocycles. The van der Waals surface area contributed by atoms with Gasteiger partial charge in [-0.15, -0.1) is 0 Å². The Bertz CT molecular complexity index is 686. The number of pyridine rings is 1. The topological polar surface area (TPSA) is 3.88 Å². The first-order valence-electron chi connectivity index (χ1n) is 6.60. The number of rotatable bonds is 1. The van der Waals surface area contributed by atoms with E-state index in [4.69, 9.17) is 0 Å². The molecule has 1 aliphatic rings. The Labute approximate surface area is 112 Å². The molecule has 1 nitrogen and oxygen atoms in total. The third kappa shape index (κ3) is 1.52. The fraction of sp³-hybridized carbons (Fsp3) is 0.0556. The Hall–Kier alpha value is -2.41. The first-order valence-corrected chi connectivity index (χ1v) is 6.60. The van der Waals surface area contributed by atoms with E-state index < -0.39 is 0 Å². The van der Waals surface area contributed by atoms with Gasteiger partial charge < -0.3 is 0 Å². The number of benzene rings is 2. The van der Waals surface area contributed by atoms with E-state index in [1.165, 1.54) is 22.5 Å². The van der Waals surface area contributed by atoms with Gasteiger partial charge in [-0.25, -0.2) is 0 Å². The molecule has 2 heterocycles. The molecule has 0 saturated carbocycles. The van der Waals surface area contributed by atoms with Crippen molar-refractivity contribution in [3.63, 3.8) is 0 Å². The van der Waals surface area contributed by atoms with E-state index in [1.807, 2.05) is 0 Å². The van der Waals surface area contributed by atoms with E-state index in [0.29, 0.717) is 5.92 Å². The van der Waals surface area contributed by atoms with Gasteiger partial charge in [0.2, 0.25) is 5.69 Å². The molecule has 0 N–H and O–H groups in total. The highest BCUT2D eigenvalue weighted by atomic mass is 15.0. The van der Waals surface area contributed by atoms with Crippen LogP contribution in [0.1, 0.15) is 22.7 Å². The molecule has 1 atom stereocenters. The molecule has 0 aliphatic carbocycles. The Kier molecular flexibility index (Phi) is 2.25. The van der Waals surface area contributed by atoms with Gasteiger partial charge in [0.1, 0.15) is 5.92 Å². The average molecular weight is 244 g/mol. The van der Waals surface area contributed by atoms with Crippen LogP contribution in [0.5, 0.6) is 0 Å². The molecule has 1 heteroatoms. The average Bonchev–Trinajstić information content (AvgIpc) is 2.83. The van der Waals surface area contributed by atoms with Gasteiger partial charge in [-0.3, -0.25) is 0 Å². The van der Waals surface area contributed by atoms with Crippen LogP contribution in [0.2, 0.25) is 0 Å². The predicted octanol–water partition coefficient (Wildman–Crippen LogP) is 3.46. The van der Waals surface area contributed by atoms with Crippen molar-refractivity contribution >= 4 is 0 Å². The fourth-order valence-electron chi connectivity index (χ4n) is 3.02.